The van der Waals surface area contributed by atoms with E-state index in [9.17, 15) is 9.59 Å². The quantitative estimate of drug-likeness (QED) is 0.657. The lowest BCUT2D eigenvalue weighted by Crippen LogP contribution is -2.22. The smallest absolute Gasteiger partial charge is 0.421 e. The Labute approximate surface area is 150 Å². The fraction of sp³-hybridized carbons (Fsp3) is 0.158. The molecule has 0 amide bonds. The summed E-state index contributed by atoms with van der Waals surface area (Å²) in [6.07, 6.45) is -0.733. The van der Waals surface area contributed by atoms with Crippen molar-refractivity contribution in [2.75, 3.05) is 0 Å². The van der Waals surface area contributed by atoms with Crippen LogP contribution in [-0.4, -0.2) is 26.8 Å². The first kappa shape index (κ1) is 17.3. The molecule has 0 atom stereocenters. The monoisotopic (exact) mass is 351 g/mol. The van der Waals surface area contributed by atoms with Gasteiger partial charge in [-0.05, 0) is 18.1 Å². The highest BCUT2D eigenvalue weighted by Gasteiger charge is 2.24. The minimum atomic E-state index is -0.744. The third-order valence-corrected chi connectivity index (χ3v) is 3.61. The van der Waals surface area contributed by atoms with E-state index in [4.69, 9.17) is 9.47 Å². The highest BCUT2D eigenvalue weighted by Crippen LogP contribution is 2.09. The van der Waals surface area contributed by atoms with Crippen LogP contribution in [0.5, 0.6) is 0 Å². The number of nitrogens with zero attached hydrogens (tertiary/aromatic N) is 3. The summed E-state index contributed by atoms with van der Waals surface area (Å²) in [5.74, 6) is -0.711. The highest BCUT2D eigenvalue weighted by atomic mass is 16.6. The minimum Gasteiger partial charge on any atom is -0.455 e. The van der Waals surface area contributed by atoms with Gasteiger partial charge >= 0.3 is 12.1 Å². The molecule has 0 aliphatic heterocycles. The Bertz CT molecular complexity index is 892. The molecule has 1 heterocycles. The van der Waals surface area contributed by atoms with Crippen LogP contribution in [0, 0.1) is 6.92 Å². The van der Waals surface area contributed by atoms with Crippen molar-refractivity contribution in [2.24, 2.45) is 0 Å². The molecule has 0 unspecified atom stereocenters. The van der Waals surface area contributed by atoms with Gasteiger partial charge in [-0.25, -0.2) is 14.2 Å². The number of carbonyl (C=O) groups excluding carboxylic acids is 2. The molecule has 7 heteroatoms. The SMILES string of the molecule is Cc1nnc(C(=O)OCc2ccccc2)n1C(=O)OCc1ccccc1. The van der Waals surface area contributed by atoms with Gasteiger partial charge in [0.2, 0.25) is 0 Å². The van der Waals surface area contributed by atoms with E-state index in [0.717, 1.165) is 15.7 Å². The van der Waals surface area contributed by atoms with Gasteiger partial charge in [-0.15, -0.1) is 10.2 Å². The molecule has 0 N–H and O–H groups in total. The Hall–Kier alpha value is -3.48. The Morgan fingerprint density at radius 3 is 1.96 bits per heavy atom. The second kappa shape index (κ2) is 8.06. The summed E-state index contributed by atoms with van der Waals surface area (Å²) < 4.78 is 11.5. The fourth-order valence-corrected chi connectivity index (χ4v) is 2.28. The highest BCUT2D eigenvalue weighted by molar-refractivity contribution is 5.90. The topological polar surface area (TPSA) is 83.3 Å². The Balaban J connectivity index is 1.67. The predicted octanol–water partition coefficient (Wildman–Crippen LogP) is 3.13. The van der Waals surface area contributed by atoms with Crippen LogP contribution in [0.1, 0.15) is 27.6 Å². The molecule has 0 spiro atoms. The zero-order valence-electron chi connectivity index (χ0n) is 14.2. The van der Waals surface area contributed by atoms with Crippen molar-refractivity contribution < 1.29 is 19.1 Å². The first-order valence-electron chi connectivity index (χ1n) is 7.99. The van der Waals surface area contributed by atoms with Crippen LogP contribution < -0.4 is 0 Å². The van der Waals surface area contributed by atoms with Crippen molar-refractivity contribution >= 4 is 12.1 Å². The zero-order valence-corrected chi connectivity index (χ0v) is 14.2. The van der Waals surface area contributed by atoms with Gasteiger partial charge in [-0.3, -0.25) is 0 Å². The maximum absolute atomic E-state index is 12.4. The minimum absolute atomic E-state index is 0.0741. The molecule has 3 aromatic rings. The van der Waals surface area contributed by atoms with Crippen molar-refractivity contribution in [3.05, 3.63) is 83.4 Å². The molecule has 26 heavy (non-hydrogen) atoms. The Morgan fingerprint density at radius 1 is 0.846 bits per heavy atom. The molecule has 1 aromatic heterocycles. The maximum Gasteiger partial charge on any atom is 0.421 e. The van der Waals surface area contributed by atoms with Gasteiger partial charge in [0.1, 0.15) is 19.0 Å². The Morgan fingerprint density at radius 2 is 1.38 bits per heavy atom. The van der Waals surface area contributed by atoms with E-state index >= 15 is 0 Å². The number of ether oxygens (including phenoxy) is 2. The average Bonchev–Trinajstić information content (AvgIpc) is 3.07. The van der Waals surface area contributed by atoms with Crippen LogP contribution in [0.15, 0.2) is 60.7 Å². The number of aryl methyl sites for hydroxylation is 1. The van der Waals surface area contributed by atoms with E-state index in [2.05, 4.69) is 10.2 Å². The lowest BCUT2D eigenvalue weighted by atomic mass is 10.2. The van der Waals surface area contributed by atoms with Gasteiger partial charge in [0, 0.05) is 0 Å². The molecule has 0 bridgehead atoms. The van der Waals surface area contributed by atoms with Gasteiger partial charge in [0.05, 0.1) is 0 Å². The predicted molar refractivity (Wildman–Crippen MR) is 92.3 cm³/mol. The lowest BCUT2D eigenvalue weighted by Gasteiger charge is -2.09. The molecule has 0 aliphatic rings. The Kier molecular flexibility index (Phi) is 5.38. The number of benzene rings is 2. The zero-order chi connectivity index (χ0) is 18.4. The summed E-state index contributed by atoms with van der Waals surface area (Å²) in [5, 5.41) is 7.52. The van der Waals surface area contributed by atoms with E-state index < -0.39 is 12.1 Å². The van der Waals surface area contributed by atoms with Crippen molar-refractivity contribution in [2.45, 2.75) is 20.1 Å². The van der Waals surface area contributed by atoms with Gasteiger partial charge in [0.25, 0.3) is 5.82 Å². The molecular formula is C19H17N3O4. The number of aromatic nitrogens is 3. The van der Waals surface area contributed by atoms with Gasteiger partial charge in [-0.1, -0.05) is 60.7 Å². The van der Waals surface area contributed by atoms with Crippen LogP contribution in [0.4, 0.5) is 4.79 Å². The van der Waals surface area contributed by atoms with Gasteiger partial charge < -0.3 is 9.47 Å². The first-order valence-corrected chi connectivity index (χ1v) is 7.99. The molecule has 0 radical (unpaired) electrons. The van der Waals surface area contributed by atoms with Crippen LogP contribution in [0.25, 0.3) is 0 Å². The summed E-state index contributed by atoms with van der Waals surface area (Å²) >= 11 is 0. The molecule has 0 fully saturated rings. The number of rotatable bonds is 5. The molecule has 3 rings (SSSR count). The summed E-state index contributed by atoms with van der Waals surface area (Å²) in [6, 6.07) is 18.5. The fourth-order valence-electron chi connectivity index (χ4n) is 2.28. The van der Waals surface area contributed by atoms with Crippen molar-refractivity contribution in [1.29, 1.82) is 0 Å². The van der Waals surface area contributed by atoms with Crippen molar-refractivity contribution in [1.82, 2.24) is 14.8 Å². The second-order valence-electron chi connectivity index (χ2n) is 5.51. The number of esters is 1. The lowest BCUT2D eigenvalue weighted by molar-refractivity contribution is 0.0449. The second-order valence-corrected chi connectivity index (χ2v) is 5.51. The molecule has 0 saturated carbocycles. The average molecular weight is 351 g/mol. The van der Waals surface area contributed by atoms with E-state index in [-0.39, 0.29) is 24.9 Å². The van der Waals surface area contributed by atoms with E-state index in [1.807, 2.05) is 60.7 Å². The normalized spacial score (nSPS) is 10.3. The summed E-state index contributed by atoms with van der Waals surface area (Å²) in [6.45, 7) is 1.71. The number of hydrogen-bond acceptors (Lipinski definition) is 6. The molecule has 7 nitrogen and oxygen atoms in total. The third-order valence-electron chi connectivity index (χ3n) is 3.61. The number of hydrogen-bond donors (Lipinski definition) is 0. The van der Waals surface area contributed by atoms with Crippen molar-refractivity contribution in [3.8, 4) is 0 Å². The number of carbonyl (C=O) groups is 2. The third kappa shape index (κ3) is 4.13. The largest absolute Gasteiger partial charge is 0.455 e. The van der Waals surface area contributed by atoms with Gasteiger partial charge in [0.15, 0.2) is 0 Å². The van der Waals surface area contributed by atoms with Crippen LogP contribution in [-0.2, 0) is 22.7 Å². The summed E-state index contributed by atoms with van der Waals surface area (Å²) in [7, 11) is 0. The molecular weight excluding hydrogens is 334 g/mol. The summed E-state index contributed by atoms with van der Waals surface area (Å²) in [5.41, 5.74) is 1.66. The van der Waals surface area contributed by atoms with Crippen molar-refractivity contribution in [3.63, 3.8) is 0 Å². The molecule has 0 aliphatic carbocycles. The van der Waals surface area contributed by atoms with E-state index in [1.165, 1.54) is 0 Å². The van der Waals surface area contributed by atoms with E-state index in [1.54, 1.807) is 6.92 Å². The van der Waals surface area contributed by atoms with E-state index in [0.29, 0.717) is 0 Å². The van der Waals surface area contributed by atoms with Crippen LogP contribution >= 0.6 is 0 Å². The van der Waals surface area contributed by atoms with Crippen LogP contribution in [0.3, 0.4) is 0 Å². The molecule has 0 saturated heterocycles. The first-order chi connectivity index (χ1) is 12.6. The standard InChI is InChI=1S/C19H17N3O4/c1-14-20-21-17(18(23)25-12-15-8-4-2-5-9-15)22(14)19(24)26-13-16-10-6-3-7-11-16/h2-11H,12-13H2,1H3. The maximum atomic E-state index is 12.4. The van der Waals surface area contributed by atoms with Crippen LogP contribution in [0.2, 0.25) is 0 Å². The molecule has 2 aromatic carbocycles. The van der Waals surface area contributed by atoms with Gasteiger partial charge in [-0.2, -0.15) is 0 Å². The molecule has 132 valence electrons. The summed E-state index contributed by atoms with van der Waals surface area (Å²) in [4.78, 5) is 24.6.